The number of amides is 1. The topological polar surface area (TPSA) is 44.8 Å². The van der Waals surface area contributed by atoms with E-state index in [0.29, 0.717) is 11.8 Å². The minimum Gasteiger partial charge on any atom is -0.444 e. The SMILES string of the molecule is CC(C)(C)OC(=O)N1C[C@H]2C[C@@H](N3CCNCC3)C[C@H]2C1. The van der Waals surface area contributed by atoms with Crippen LogP contribution in [0.4, 0.5) is 4.79 Å². The molecule has 2 saturated heterocycles. The van der Waals surface area contributed by atoms with Crippen LogP contribution in [0.15, 0.2) is 0 Å². The van der Waals surface area contributed by atoms with Crippen LogP contribution >= 0.6 is 0 Å². The van der Waals surface area contributed by atoms with Gasteiger partial charge in [-0.3, -0.25) is 4.90 Å². The average Bonchev–Trinajstić information content (AvgIpc) is 2.95. The Hall–Kier alpha value is -0.810. The Morgan fingerprint density at radius 3 is 2.19 bits per heavy atom. The lowest BCUT2D eigenvalue weighted by Gasteiger charge is -2.33. The first-order valence-corrected chi connectivity index (χ1v) is 8.35. The second kappa shape index (κ2) is 5.76. The van der Waals surface area contributed by atoms with Crippen molar-refractivity contribution >= 4 is 6.09 Å². The molecule has 1 amide bonds. The van der Waals surface area contributed by atoms with Crippen LogP contribution in [0.3, 0.4) is 0 Å². The van der Waals surface area contributed by atoms with Crippen molar-refractivity contribution in [1.29, 1.82) is 0 Å². The maximum atomic E-state index is 12.2. The number of piperazine rings is 1. The summed E-state index contributed by atoms with van der Waals surface area (Å²) < 4.78 is 5.50. The number of carbonyl (C=O) groups is 1. The van der Waals surface area contributed by atoms with Crippen LogP contribution in [0.25, 0.3) is 0 Å². The Labute approximate surface area is 128 Å². The van der Waals surface area contributed by atoms with Crippen LogP contribution in [0.1, 0.15) is 33.6 Å². The Morgan fingerprint density at radius 2 is 1.67 bits per heavy atom. The molecule has 120 valence electrons. The molecule has 0 aromatic heterocycles. The number of nitrogens with zero attached hydrogens (tertiary/aromatic N) is 2. The monoisotopic (exact) mass is 295 g/mol. The minimum absolute atomic E-state index is 0.129. The Kier molecular flexibility index (Phi) is 4.14. The van der Waals surface area contributed by atoms with E-state index in [-0.39, 0.29) is 6.09 Å². The van der Waals surface area contributed by atoms with E-state index in [2.05, 4.69) is 10.2 Å². The van der Waals surface area contributed by atoms with Gasteiger partial charge in [0, 0.05) is 45.3 Å². The van der Waals surface area contributed by atoms with Crippen LogP contribution in [-0.4, -0.2) is 66.8 Å². The largest absolute Gasteiger partial charge is 0.444 e. The van der Waals surface area contributed by atoms with Gasteiger partial charge in [-0.1, -0.05) is 0 Å². The van der Waals surface area contributed by atoms with Crippen molar-refractivity contribution in [3.8, 4) is 0 Å². The molecule has 3 rings (SSSR count). The zero-order valence-electron chi connectivity index (χ0n) is 13.6. The Balaban J connectivity index is 1.50. The molecule has 3 fully saturated rings. The van der Waals surface area contributed by atoms with Crippen LogP contribution in [0.5, 0.6) is 0 Å². The molecule has 0 aromatic carbocycles. The summed E-state index contributed by atoms with van der Waals surface area (Å²) >= 11 is 0. The predicted octanol–water partition coefficient (Wildman–Crippen LogP) is 1.54. The fourth-order valence-corrected chi connectivity index (χ4v) is 4.09. The standard InChI is InChI=1S/C16H29N3O2/c1-16(2,3)21-15(20)19-10-12-8-14(9-13(12)11-19)18-6-4-17-5-7-18/h12-14,17H,4-11H2,1-3H3/t12-,13+,14-. The number of nitrogens with one attached hydrogen (secondary N) is 1. The highest BCUT2D eigenvalue weighted by Gasteiger charge is 2.44. The van der Waals surface area contributed by atoms with Crippen molar-refractivity contribution in [2.45, 2.75) is 45.3 Å². The molecular weight excluding hydrogens is 266 g/mol. The number of likely N-dealkylation sites (tertiary alicyclic amines) is 1. The maximum Gasteiger partial charge on any atom is 0.410 e. The third-order valence-electron chi connectivity index (χ3n) is 5.05. The zero-order valence-corrected chi connectivity index (χ0v) is 13.6. The third kappa shape index (κ3) is 3.51. The van der Waals surface area contributed by atoms with E-state index in [1.807, 2.05) is 25.7 Å². The summed E-state index contributed by atoms with van der Waals surface area (Å²) in [5.41, 5.74) is -0.391. The van der Waals surface area contributed by atoms with Gasteiger partial charge in [-0.2, -0.15) is 0 Å². The number of carbonyl (C=O) groups excluding carboxylic acids is 1. The molecule has 1 aliphatic carbocycles. The molecule has 3 atom stereocenters. The number of hydrogen-bond acceptors (Lipinski definition) is 4. The highest BCUT2D eigenvalue weighted by molar-refractivity contribution is 5.68. The summed E-state index contributed by atoms with van der Waals surface area (Å²) in [6, 6.07) is 0.739. The van der Waals surface area contributed by atoms with E-state index in [9.17, 15) is 4.79 Å². The van der Waals surface area contributed by atoms with Crippen molar-refractivity contribution < 1.29 is 9.53 Å². The van der Waals surface area contributed by atoms with Crippen molar-refractivity contribution in [3.63, 3.8) is 0 Å². The van der Waals surface area contributed by atoms with Crippen LogP contribution in [0.2, 0.25) is 0 Å². The molecule has 21 heavy (non-hydrogen) atoms. The highest BCUT2D eigenvalue weighted by Crippen LogP contribution is 2.40. The first-order chi connectivity index (χ1) is 9.92. The third-order valence-corrected chi connectivity index (χ3v) is 5.05. The normalized spacial score (nSPS) is 34.0. The number of rotatable bonds is 1. The number of hydrogen-bond donors (Lipinski definition) is 1. The van der Waals surface area contributed by atoms with Crippen molar-refractivity contribution in [2.24, 2.45) is 11.8 Å². The quantitative estimate of drug-likeness (QED) is 0.797. The van der Waals surface area contributed by atoms with Gasteiger partial charge in [-0.15, -0.1) is 0 Å². The van der Waals surface area contributed by atoms with Crippen LogP contribution in [0, 0.1) is 11.8 Å². The molecule has 0 bridgehead atoms. The van der Waals surface area contributed by atoms with E-state index in [1.165, 1.54) is 25.9 Å². The second-order valence-corrected chi connectivity index (χ2v) is 7.82. The Morgan fingerprint density at radius 1 is 1.10 bits per heavy atom. The lowest BCUT2D eigenvalue weighted by Crippen LogP contribution is -2.48. The fourth-order valence-electron chi connectivity index (χ4n) is 4.09. The second-order valence-electron chi connectivity index (χ2n) is 7.82. The molecule has 2 aliphatic heterocycles. The molecule has 3 aliphatic rings. The van der Waals surface area contributed by atoms with Crippen molar-refractivity contribution in [3.05, 3.63) is 0 Å². The van der Waals surface area contributed by atoms with E-state index in [1.54, 1.807) is 0 Å². The lowest BCUT2D eigenvalue weighted by molar-refractivity contribution is 0.0273. The van der Waals surface area contributed by atoms with Gasteiger partial charge in [-0.05, 0) is 45.4 Å². The summed E-state index contributed by atoms with van der Waals surface area (Å²) in [5, 5.41) is 3.42. The summed E-state index contributed by atoms with van der Waals surface area (Å²) in [7, 11) is 0. The molecular formula is C16H29N3O2. The predicted molar refractivity (Wildman–Crippen MR) is 82.3 cm³/mol. The van der Waals surface area contributed by atoms with Crippen molar-refractivity contribution in [2.75, 3.05) is 39.3 Å². The molecule has 0 aromatic rings. The van der Waals surface area contributed by atoms with Gasteiger partial charge < -0.3 is 15.0 Å². The van der Waals surface area contributed by atoms with Gasteiger partial charge in [-0.25, -0.2) is 4.79 Å². The minimum atomic E-state index is -0.391. The molecule has 0 unspecified atom stereocenters. The lowest BCUT2D eigenvalue weighted by atomic mass is 10.0. The number of ether oxygens (including phenoxy) is 1. The highest BCUT2D eigenvalue weighted by atomic mass is 16.6. The maximum absolute atomic E-state index is 12.2. The van der Waals surface area contributed by atoms with Gasteiger partial charge in [0.25, 0.3) is 0 Å². The molecule has 5 heteroatoms. The van der Waals surface area contributed by atoms with Gasteiger partial charge in [0.2, 0.25) is 0 Å². The summed E-state index contributed by atoms with van der Waals surface area (Å²) in [6.45, 7) is 12.2. The first kappa shape index (κ1) is 15.1. The number of fused-ring (bicyclic) bond motifs is 1. The van der Waals surface area contributed by atoms with E-state index in [4.69, 9.17) is 4.74 Å². The zero-order chi connectivity index (χ0) is 15.0. The summed E-state index contributed by atoms with van der Waals surface area (Å²) in [5.74, 6) is 1.36. The van der Waals surface area contributed by atoms with Crippen LogP contribution in [-0.2, 0) is 4.74 Å². The molecule has 0 spiro atoms. The first-order valence-electron chi connectivity index (χ1n) is 8.35. The molecule has 1 saturated carbocycles. The smallest absolute Gasteiger partial charge is 0.410 e. The molecule has 2 heterocycles. The summed E-state index contributed by atoms with van der Waals surface area (Å²) in [6.07, 6.45) is 2.38. The van der Waals surface area contributed by atoms with Crippen LogP contribution < -0.4 is 5.32 Å². The van der Waals surface area contributed by atoms with E-state index in [0.717, 1.165) is 32.2 Å². The van der Waals surface area contributed by atoms with Crippen molar-refractivity contribution in [1.82, 2.24) is 15.1 Å². The van der Waals surface area contributed by atoms with E-state index >= 15 is 0 Å². The fraction of sp³-hybridized carbons (Fsp3) is 0.938. The molecule has 0 radical (unpaired) electrons. The van der Waals surface area contributed by atoms with Gasteiger partial charge in [0.05, 0.1) is 0 Å². The van der Waals surface area contributed by atoms with Gasteiger partial charge in [0.15, 0.2) is 0 Å². The van der Waals surface area contributed by atoms with Gasteiger partial charge in [0.1, 0.15) is 5.60 Å². The Bertz CT molecular complexity index is 373. The average molecular weight is 295 g/mol. The van der Waals surface area contributed by atoms with Gasteiger partial charge >= 0.3 is 6.09 Å². The van der Waals surface area contributed by atoms with E-state index < -0.39 is 5.60 Å². The molecule has 5 nitrogen and oxygen atoms in total. The summed E-state index contributed by atoms with van der Waals surface area (Å²) in [4.78, 5) is 16.7. The molecule has 1 N–H and O–H groups in total.